The van der Waals surface area contributed by atoms with E-state index in [9.17, 15) is 14.5 Å². The Morgan fingerprint density at radius 1 is 1.59 bits per heavy atom. The van der Waals surface area contributed by atoms with Crippen LogP contribution in [0.5, 0.6) is 0 Å². The van der Waals surface area contributed by atoms with E-state index < -0.39 is 10.7 Å². The quantitative estimate of drug-likeness (QED) is 0.598. The van der Waals surface area contributed by atoms with Crippen LogP contribution in [-0.4, -0.2) is 31.2 Å². The molecule has 0 aliphatic carbocycles. The van der Waals surface area contributed by atoms with Gasteiger partial charge in [-0.05, 0) is 12.5 Å². The lowest BCUT2D eigenvalue weighted by Gasteiger charge is -2.18. The number of nitrogens with zero attached hydrogens (tertiary/aromatic N) is 2. The molecule has 0 bridgehead atoms. The van der Waals surface area contributed by atoms with Gasteiger partial charge in [0.15, 0.2) is 5.82 Å². The Balaban J connectivity index is 2.20. The maximum Gasteiger partial charge on any atom is 0.272 e. The van der Waals surface area contributed by atoms with Crippen molar-refractivity contribution in [1.82, 2.24) is 0 Å². The molecule has 1 fully saturated rings. The summed E-state index contributed by atoms with van der Waals surface area (Å²) in [6.07, 6.45) is 0.942. The molecule has 1 saturated heterocycles. The molecule has 1 heterocycles. The Morgan fingerprint density at radius 2 is 2.35 bits per heavy atom. The Hall–Kier alpha value is -1.69. The highest BCUT2D eigenvalue weighted by Gasteiger charge is 2.25. The summed E-state index contributed by atoms with van der Waals surface area (Å²) >= 11 is 0. The number of hydrogen-bond donors (Lipinski definition) is 0. The van der Waals surface area contributed by atoms with Crippen molar-refractivity contribution >= 4 is 11.4 Å². The van der Waals surface area contributed by atoms with E-state index in [1.54, 1.807) is 7.11 Å². The van der Waals surface area contributed by atoms with Crippen LogP contribution < -0.4 is 4.90 Å². The van der Waals surface area contributed by atoms with Gasteiger partial charge in [-0.3, -0.25) is 10.1 Å². The van der Waals surface area contributed by atoms with Crippen LogP contribution in [0, 0.1) is 15.9 Å². The molecule has 1 aliphatic rings. The summed E-state index contributed by atoms with van der Waals surface area (Å²) in [7, 11) is 1.63. The zero-order valence-electron chi connectivity index (χ0n) is 9.43. The van der Waals surface area contributed by atoms with Crippen molar-refractivity contribution in [3.05, 3.63) is 34.1 Å². The second-order valence-corrected chi connectivity index (χ2v) is 3.99. The molecule has 1 unspecified atom stereocenters. The zero-order chi connectivity index (χ0) is 12.4. The van der Waals surface area contributed by atoms with Crippen molar-refractivity contribution < 1.29 is 14.1 Å². The first-order chi connectivity index (χ1) is 8.11. The number of halogens is 1. The molecule has 1 aliphatic heterocycles. The Labute approximate surface area is 97.9 Å². The minimum atomic E-state index is -0.602. The molecule has 5 nitrogen and oxygen atoms in total. The van der Waals surface area contributed by atoms with Gasteiger partial charge in [0.25, 0.3) is 5.69 Å². The van der Waals surface area contributed by atoms with Crippen molar-refractivity contribution in [2.45, 2.75) is 12.5 Å². The minimum Gasteiger partial charge on any atom is -0.380 e. The SMILES string of the molecule is COC1CCN(c2ccc([N+](=O)[O-])cc2F)C1. The molecular weight excluding hydrogens is 227 g/mol. The third-order valence-corrected chi connectivity index (χ3v) is 2.96. The first kappa shape index (κ1) is 11.8. The molecule has 0 saturated carbocycles. The molecular formula is C11H13FN2O3. The van der Waals surface area contributed by atoms with E-state index in [1.165, 1.54) is 12.1 Å². The first-order valence-corrected chi connectivity index (χ1v) is 5.33. The van der Waals surface area contributed by atoms with Gasteiger partial charge < -0.3 is 9.64 Å². The zero-order valence-corrected chi connectivity index (χ0v) is 9.43. The van der Waals surface area contributed by atoms with Crippen molar-refractivity contribution in [1.29, 1.82) is 0 Å². The van der Waals surface area contributed by atoms with Gasteiger partial charge in [0.2, 0.25) is 0 Å². The van der Waals surface area contributed by atoms with Crippen LogP contribution in [0.4, 0.5) is 15.8 Å². The third kappa shape index (κ3) is 2.36. The lowest BCUT2D eigenvalue weighted by atomic mass is 10.2. The molecule has 1 aromatic rings. The maximum absolute atomic E-state index is 13.7. The third-order valence-electron chi connectivity index (χ3n) is 2.96. The first-order valence-electron chi connectivity index (χ1n) is 5.33. The fraction of sp³-hybridized carbons (Fsp3) is 0.455. The summed E-state index contributed by atoms with van der Waals surface area (Å²) in [5, 5.41) is 10.5. The van der Waals surface area contributed by atoms with Gasteiger partial charge in [-0.2, -0.15) is 0 Å². The molecule has 92 valence electrons. The molecule has 0 N–H and O–H groups in total. The van der Waals surface area contributed by atoms with Crippen molar-refractivity contribution in [3.63, 3.8) is 0 Å². The second kappa shape index (κ2) is 4.67. The van der Waals surface area contributed by atoms with Gasteiger partial charge in [-0.15, -0.1) is 0 Å². The van der Waals surface area contributed by atoms with Crippen LogP contribution in [0.1, 0.15) is 6.42 Å². The molecule has 6 heteroatoms. The van der Waals surface area contributed by atoms with Crippen LogP contribution in [0.15, 0.2) is 18.2 Å². The summed E-state index contributed by atoms with van der Waals surface area (Å²) in [6, 6.07) is 3.72. The van der Waals surface area contributed by atoms with E-state index in [4.69, 9.17) is 4.74 Å². The fourth-order valence-corrected chi connectivity index (χ4v) is 2.01. The molecule has 1 atom stereocenters. The highest BCUT2D eigenvalue weighted by molar-refractivity contribution is 5.53. The molecule has 0 radical (unpaired) electrons. The van der Waals surface area contributed by atoms with Crippen molar-refractivity contribution in [2.75, 3.05) is 25.1 Å². The van der Waals surface area contributed by atoms with Crippen LogP contribution >= 0.6 is 0 Å². The van der Waals surface area contributed by atoms with E-state index in [1.807, 2.05) is 4.90 Å². The standard InChI is InChI=1S/C11H13FN2O3/c1-17-9-4-5-13(7-9)11-3-2-8(14(15)16)6-10(11)12/h2-3,6,9H,4-5,7H2,1H3. The molecule has 0 aromatic heterocycles. The van der Waals surface area contributed by atoms with Crippen LogP contribution in [0.3, 0.4) is 0 Å². The summed E-state index contributed by atoms with van der Waals surface area (Å²) in [5.74, 6) is -0.559. The van der Waals surface area contributed by atoms with Crippen molar-refractivity contribution in [2.24, 2.45) is 0 Å². The molecule has 2 rings (SSSR count). The number of ether oxygens (including phenoxy) is 1. The smallest absolute Gasteiger partial charge is 0.272 e. The lowest BCUT2D eigenvalue weighted by Crippen LogP contribution is -2.23. The van der Waals surface area contributed by atoms with Gasteiger partial charge in [0.1, 0.15) is 0 Å². The highest BCUT2D eigenvalue weighted by atomic mass is 19.1. The van der Waals surface area contributed by atoms with Crippen LogP contribution in [0.2, 0.25) is 0 Å². The summed E-state index contributed by atoms with van der Waals surface area (Å²) in [5.41, 5.74) is 0.170. The topological polar surface area (TPSA) is 55.6 Å². The number of nitro groups is 1. The predicted octanol–water partition coefficient (Wildman–Crippen LogP) is 1.96. The molecule has 0 amide bonds. The number of anilines is 1. The Kier molecular flexibility index (Phi) is 3.23. The van der Waals surface area contributed by atoms with E-state index in [-0.39, 0.29) is 11.8 Å². The molecule has 17 heavy (non-hydrogen) atoms. The normalized spacial score (nSPS) is 19.6. The summed E-state index contributed by atoms with van der Waals surface area (Å²) in [4.78, 5) is 11.7. The molecule has 0 spiro atoms. The largest absolute Gasteiger partial charge is 0.380 e. The van der Waals surface area contributed by atoms with Crippen molar-refractivity contribution in [3.8, 4) is 0 Å². The molecule has 1 aromatic carbocycles. The second-order valence-electron chi connectivity index (χ2n) is 3.99. The fourth-order valence-electron chi connectivity index (χ4n) is 2.01. The van der Waals surface area contributed by atoms with Gasteiger partial charge >= 0.3 is 0 Å². The van der Waals surface area contributed by atoms with Gasteiger partial charge in [-0.1, -0.05) is 0 Å². The lowest BCUT2D eigenvalue weighted by molar-refractivity contribution is -0.385. The summed E-state index contributed by atoms with van der Waals surface area (Å²) in [6.45, 7) is 1.32. The van der Waals surface area contributed by atoms with E-state index in [0.29, 0.717) is 18.8 Å². The number of nitro benzene ring substituents is 1. The van der Waals surface area contributed by atoms with Gasteiger partial charge in [0.05, 0.1) is 22.8 Å². The van der Waals surface area contributed by atoms with E-state index in [0.717, 1.165) is 12.5 Å². The monoisotopic (exact) mass is 240 g/mol. The summed E-state index contributed by atoms with van der Waals surface area (Å²) < 4.78 is 18.9. The minimum absolute atomic E-state index is 0.101. The number of non-ortho nitro benzene ring substituents is 1. The number of methoxy groups -OCH3 is 1. The number of benzene rings is 1. The maximum atomic E-state index is 13.7. The average Bonchev–Trinajstić information content (AvgIpc) is 2.77. The highest BCUT2D eigenvalue weighted by Crippen LogP contribution is 2.27. The Morgan fingerprint density at radius 3 is 2.88 bits per heavy atom. The van der Waals surface area contributed by atoms with Gasteiger partial charge in [-0.25, -0.2) is 4.39 Å². The predicted molar refractivity (Wildman–Crippen MR) is 60.7 cm³/mol. The average molecular weight is 240 g/mol. The van der Waals surface area contributed by atoms with Crippen LogP contribution in [0.25, 0.3) is 0 Å². The van der Waals surface area contributed by atoms with E-state index in [2.05, 4.69) is 0 Å². The number of hydrogen-bond acceptors (Lipinski definition) is 4. The van der Waals surface area contributed by atoms with Gasteiger partial charge in [0, 0.05) is 26.3 Å². The van der Waals surface area contributed by atoms with Crippen LogP contribution in [-0.2, 0) is 4.74 Å². The van der Waals surface area contributed by atoms with E-state index >= 15 is 0 Å². The number of rotatable bonds is 3. The Bertz CT molecular complexity index is 439.